The molecule has 0 unspecified atom stereocenters. The van der Waals surface area contributed by atoms with Crippen molar-refractivity contribution in [1.82, 2.24) is 9.88 Å². The molecule has 0 saturated carbocycles. The van der Waals surface area contributed by atoms with Gasteiger partial charge in [0.05, 0.1) is 0 Å². The summed E-state index contributed by atoms with van der Waals surface area (Å²) in [6.07, 6.45) is 5.31. The first-order chi connectivity index (χ1) is 8.29. The standard InChI is InChI=1S/C13H19N3O/c1-2-16-9-5-11(6-10-16)13(17)15-12-3-7-14-8-4-12/h3-4,7-8,11H,2,5-6,9-10H2,1H3,(H,14,15,17). The SMILES string of the molecule is CCN1CCC(C(=O)Nc2ccncc2)CC1. The maximum absolute atomic E-state index is 12.0. The molecule has 0 spiro atoms. The summed E-state index contributed by atoms with van der Waals surface area (Å²) in [5.74, 6) is 0.304. The fourth-order valence-electron chi connectivity index (χ4n) is 2.19. The van der Waals surface area contributed by atoms with Gasteiger partial charge in [-0.2, -0.15) is 0 Å². The van der Waals surface area contributed by atoms with Gasteiger partial charge in [0, 0.05) is 24.0 Å². The maximum atomic E-state index is 12.0. The third-order valence-electron chi connectivity index (χ3n) is 3.35. The van der Waals surface area contributed by atoms with Crippen LogP contribution in [0.2, 0.25) is 0 Å². The number of hydrogen-bond acceptors (Lipinski definition) is 3. The Hall–Kier alpha value is -1.42. The highest BCUT2D eigenvalue weighted by Crippen LogP contribution is 2.18. The van der Waals surface area contributed by atoms with Crippen LogP contribution in [0.15, 0.2) is 24.5 Å². The third kappa shape index (κ3) is 3.27. The van der Waals surface area contributed by atoms with Crippen molar-refractivity contribution >= 4 is 11.6 Å². The number of anilines is 1. The Kier molecular flexibility index (Phi) is 4.09. The average Bonchev–Trinajstić information content (AvgIpc) is 2.40. The summed E-state index contributed by atoms with van der Waals surface area (Å²) in [6, 6.07) is 3.64. The van der Waals surface area contributed by atoms with E-state index >= 15 is 0 Å². The van der Waals surface area contributed by atoms with E-state index in [-0.39, 0.29) is 11.8 Å². The van der Waals surface area contributed by atoms with Crippen LogP contribution in [0.3, 0.4) is 0 Å². The number of nitrogens with one attached hydrogen (secondary N) is 1. The highest BCUT2D eigenvalue weighted by molar-refractivity contribution is 5.92. The number of likely N-dealkylation sites (tertiary alicyclic amines) is 1. The highest BCUT2D eigenvalue weighted by atomic mass is 16.1. The first-order valence-corrected chi connectivity index (χ1v) is 6.23. The van der Waals surface area contributed by atoms with Crippen LogP contribution in [0.25, 0.3) is 0 Å². The number of rotatable bonds is 3. The lowest BCUT2D eigenvalue weighted by Gasteiger charge is -2.30. The molecule has 0 bridgehead atoms. The van der Waals surface area contributed by atoms with E-state index in [1.165, 1.54) is 0 Å². The fourth-order valence-corrected chi connectivity index (χ4v) is 2.19. The summed E-state index contributed by atoms with van der Waals surface area (Å²) in [5.41, 5.74) is 0.836. The third-order valence-corrected chi connectivity index (χ3v) is 3.35. The van der Waals surface area contributed by atoms with Crippen molar-refractivity contribution in [3.05, 3.63) is 24.5 Å². The zero-order valence-electron chi connectivity index (χ0n) is 10.2. The molecule has 2 heterocycles. The van der Waals surface area contributed by atoms with Crippen LogP contribution >= 0.6 is 0 Å². The Labute approximate surface area is 102 Å². The van der Waals surface area contributed by atoms with E-state index in [0.29, 0.717) is 0 Å². The van der Waals surface area contributed by atoms with Gasteiger partial charge in [0.1, 0.15) is 0 Å². The van der Waals surface area contributed by atoms with Crippen LogP contribution in [-0.4, -0.2) is 35.4 Å². The lowest BCUT2D eigenvalue weighted by molar-refractivity contribution is -0.121. The Morgan fingerprint density at radius 3 is 2.65 bits per heavy atom. The molecule has 0 atom stereocenters. The van der Waals surface area contributed by atoms with Crippen molar-refractivity contribution in [2.75, 3.05) is 25.0 Å². The number of pyridine rings is 1. The lowest BCUT2D eigenvalue weighted by Crippen LogP contribution is -2.37. The van der Waals surface area contributed by atoms with Crippen LogP contribution in [0, 0.1) is 5.92 Å². The van der Waals surface area contributed by atoms with Gasteiger partial charge >= 0.3 is 0 Å². The second-order valence-corrected chi connectivity index (χ2v) is 4.43. The molecule has 0 aliphatic carbocycles. The fraction of sp³-hybridized carbons (Fsp3) is 0.538. The van der Waals surface area contributed by atoms with Crippen LogP contribution in [-0.2, 0) is 4.79 Å². The molecule has 4 nitrogen and oxygen atoms in total. The second-order valence-electron chi connectivity index (χ2n) is 4.43. The van der Waals surface area contributed by atoms with Crippen molar-refractivity contribution in [1.29, 1.82) is 0 Å². The molecule has 92 valence electrons. The van der Waals surface area contributed by atoms with Gasteiger partial charge < -0.3 is 10.2 Å². The molecular weight excluding hydrogens is 214 g/mol. The van der Waals surface area contributed by atoms with Crippen molar-refractivity contribution in [2.45, 2.75) is 19.8 Å². The molecule has 4 heteroatoms. The van der Waals surface area contributed by atoms with Gasteiger partial charge in [-0.15, -0.1) is 0 Å². The van der Waals surface area contributed by atoms with Gasteiger partial charge in [0.2, 0.25) is 5.91 Å². The number of carbonyl (C=O) groups is 1. The largest absolute Gasteiger partial charge is 0.326 e. The topological polar surface area (TPSA) is 45.2 Å². The minimum atomic E-state index is 0.145. The van der Waals surface area contributed by atoms with E-state index in [1.54, 1.807) is 12.4 Å². The van der Waals surface area contributed by atoms with Gasteiger partial charge in [-0.25, -0.2) is 0 Å². The van der Waals surface area contributed by atoms with E-state index in [0.717, 1.165) is 38.2 Å². The van der Waals surface area contributed by atoms with Crippen molar-refractivity contribution < 1.29 is 4.79 Å². The van der Waals surface area contributed by atoms with E-state index in [4.69, 9.17) is 0 Å². The van der Waals surface area contributed by atoms with Gasteiger partial charge in [0.15, 0.2) is 0 Å². The van der Waals surface area contributed by atoms with Gasteiger partial charge in [-0.3, -0.25) is 9.78 Å². The Bertz CT molecular complexity index is 358. The molecule has 0 aromatic carbocycles. The predicted octanol–water partition coefficient (Wildman–Crippen LogP) is 1.75. The van der Waals surface area contributed by atoms with Crippen LogP contribution < -0.4 is 5.32 Å². The first kappa shape index (κ1) is 12.0. The van der Waals surface area contributed by atoms with E-state index in [1.807, 2.05) is 12.1 Å². The molecule has 1 aromatic rings. The summed E-state index contributed by atoms with van der Waals surface area (Å²) in [7, 11) is 0. The highest BCUT2D eigenvalue weighted by Gasteiger charge is 2.24. The summed E-state index contributed by atoms with van der Waals surface area (Å²) >= 11 is 0. The van der Waals surface area contributed by atoms with Gasteiger partial charge in [-0.05, 0) is 44.6 Å². The summed E-state index contributed by atoms with van der Waals surface area (Å²) in [6.45, 7) is 5.31. The second kappa shape index (κ2) is 5.77. The average molecular weight is 233 g/mol. The molecule has 1 aromatic heterocycles. The number of carbonyl (C=O) groups excluding carboxylic acids is 1. The number of aromatic nitrogens is 1. The minimum absolute atomic E-state index is 0.145. The molecule has 2 rings (SSSR count). The molecule has 1 saturated heterocycles. The van der Waals surface area contributed by atoms with Gasteiger partial charge in [-0.1, -0.05) is 6.92 Å². The Morgan fingerprint density at radius 1 is 1.41 bits per heavy atom. The van der Waals surface area contributed by atoms with Crippen molar-refractivity contribution in [2.24, 2.45) is 5.92 Å². The van der Waals surface area contributed by atoms with E-state index in [9.17, 15) is 4.79 Å². The Balaban J connectivity index is 1.85. The summed E-state index contributed by atoms with van der Waals surface area (Å²) in [5, 5.41) is 2.95. The number of nitrogens with zero attached hydrogens (tertiary/aromatic N) is 2. The summed E-state index contributed by atoms with van der Waals surface area (Å²) < 4.78 is 0. The zero-order valence-corrected chi connectivity index (χ0v) is 10.2. The van der Waals surface area contributed by atoms with Crippen LogP contribution in [0.5, 0.6) is 0 Å². The van der Waals surface area contributed by atoms with Crippen LogP contribution in [0.4, 0.5) is 5.69 Å². The molecule has 0 radical (unpaired) electrons. The van der Waals surface area contributed by atoms with Crippen LogP contribution in [0.1, 0.15) is 19.8 Å². The van der Waals surface area contributed by atoms with E-state index < -0.39 is 0 Å². The molecule has 1 aliphatic heterocycles. The Morgan fingerprint density at radius 2 is 2.06 bits per heavy atom. The number of amides is 1. The molecule has 17 heavy (non-hydrogen) atoms. The number of piperidine rings is 1. The van der Waals surface area contributed by atoms with E-state index in [2.05, 4.69) is 22.1 Å². The normalized spacial score (nSPS) is 17.9. The molecule has 1 aliphatic rings. The quantitative estimate of drug-likeness (QED) is 0.865. The van der Waals surface area contributed by atoms with Crippen molar-refractivity contribution in [3.8, 4) is 0 Å². The monoisotopic (exact) mass is 233 g/mol. The minimum Gasteiger partial charge on any atom is -0.326 e. The maximum Gasteiger partial charge on any atom is 0.227 e. The molecular formula is C13H19N3O. The molecule has 1 amide bonds. The summed E-state index contributed by atoms with van der Waals surface area (Å²) in [4.78, 5) is 18.3. The zero-order chi connectivity index (χ0) is 12.1. The predicted molar refractivity (Wildman–Crippen MR) is 67.7 cm³/mol. The first-order valence-electron chi connectivity index (χ1n) is 6.23. The lowest BCUT2D eigenvalue weighted by atomic mass is 9.96. The molecule has 1 fully saturated rings. The number of hydrogen-bond donors (Lipinski definition) is 1. The van der Waals surface area contributed by atoms with Gasteiger partial charge in [0.25, 0.3) is 0 Å². The molecule has 1 N–H and O–H groups in total. The smallest absolute Gasteiger partial charge is 0.227 e. The van der Waals surface area contributed by atoms with Crippen molar-refractivity contribution in [3.63, 3.8) is 0 Å².